The van der Waals surface area contributed by atoms with E-state index in [1.165, 1.54) is 10.2 Å². The van der Waals surface area contributed by atoms with Gasteiger partial charge in [0.1, 0.15) is 11.6 Å². The summed E-state index contributed by atoms with van der Waals surface area (Å²) in [5, 5.41) is 23.8. The highest BCUT2D eigenvalue weighted by atomic mass is 16.3. The molecule has 1 atom stereocenters. The summed E-state index contributed by atoms with van der Waals surface area (Å²) in [6.45, 7) is 7.80. The molecule has 0 saturated carbocycles. The Balaban J connectivity index is 2.24. The van der Waals surface area contributed by atoms with Crippen molar-refractivity contribution in [1.29, 1.82) is 5.26 Å². The number of aliphatic hydroxyl groups excluding tert-OH is 1. The van der Waals surface area contributed by atoms with Crippen molar-refractivity contribution in [1.82, 2.24) is 9.78 Å². The minimum Gasteiger partial charge on any atom is -0.386 e. The molecule has 2 aromatic rings. The molecule has 0 aliphatic rings. The van der Waals surface area contributed by atoms with Crippen molar-refractivity contribution >= 4 is 0 Å². The maximum atomic E-state index is 12.3. The van der Waals surface area contributed by atoms with Gasteiger partial charge in [0.15, 0.2) is 0 Å². The molecule has 1 heterocycles. The summed E-state index contributed by atoms with van der Waals surface area (Å²) >= 11 is 0. The van der Waals surface area contributed by atoms with Gasteiger partial charge in [-0.15, -0.1) is 0 Å². The van der Waals surface area contributed by atoms with Crippen LogP contribution in [0.5, 0.6) is 0 Å². The predicted molar refractivity (Wildman–Crippen MR) is 92.6 cm³/mol. The van der Waals surface area contributed by atoms with E-state index >= 15 is 0 Å². The Morgan fingerprint density at radius 1 is 1.25 bits per heavy atom. The molecule has 0 spiro atoms. The van der Waals surface area contributed by atoms with Crippen molar-refractivity contribution in [3.63, 3.8) is 0 Å². The fourth-order valence-electron chi connectivity index (χ4n) is 2.64. The van der Waals surface area contributed by atoms with E-state index < -0.39 is 11.7 Å². The molecule has 0 saturated heterocycles. The number of rotatable bonds is 5. The minimum atomic E-state index is -0.850. The fourth-order valence-corrected chi connectivity index (χ4v) is 2.64. The van der Waals surface area contributed by atoms with Crippen molar-refractivity contribution < 1.29 is 5.11 Å². The van der Waals surface area contributed by atoms with Crippen LogP contribution >= 0.6 is 0 Å². The third-order valence-electron chi connectivity index (χ3n) is 4.10. The van der Waals surface area contributed by atoms with E-state index in [0.717, 1.165) is 12.0 Å². The van der Waals surface area contributed by atoms with Gasteiger partial charge in [0.05, 0.1) is 18.3 Å². The molecule has 0 bridgehead atoms. The quantitative estimate of drug-likeness (QED) is 0.916. The number of aryl methyl sites for hydroxylation is 1. The molecule has 1 N–H and O–H groups in total. The summed E-state index contributed by atoms with van der Waals surface area (Å²) < 4.78 is 1.17. The van der Waals surface area contributed by atoms with Gasteiger partial charge in [0.2, 0.25) is 0 Å². The smallest absolute Gasteiger partial charge is 0.285 e. The molecular weight excluding hydrogens is 302 g/mol. The number of hydrogen-bond donors (Lipinski definition) is 1. The van der Waals surface area contributed by atoms with Crippen LogP contribution in [0, 0.1) is 31.1 Å². The molecular formula is C19H23N3O2. The number of aliphatic hydroxyl groups is 1. The van der Waals surface area contributed by atoms with Crippen LogP contribution in [0.25, 0.3) is 0 Å². The molecule has 0 radical (unpaired) electrons. The lowest BCUT2D eigenvalue weighted by molar-refractivity contribution is 0.149. The first-order valence-corrected chi connectivity index (χ1v) is 8.08. The van der Waals surface area contributed by atoms with E-state index in [2.05, 4.69) is 18.9 Å². The van der Waals surface area contributed by atoms with Gasteiger partial charge < -0.3 is 5.11 Å². The summed E-state index contributed by atoms with van der Waals surface area (Å²) in [5.74, 6) is 0.573. The zero-order chi connectivity index (χ0) is 17.9. The first-order chi connectivity index (χ1) is 11.3. The highest BCUT2D eigenvalue weighted by molar-refractivity contribution is 5.36. The molecule has 0 aliphatic heterocycles. The highest BCUT2D eigenvalue weighted by Gasteiger charge is 2.15. The van der Waals surface area contributed by atoms with E-state index in [-0.39, 0.29) is 12.1 Å². The maximum absolute atomic E-state index is 12.3. The SMILES string of the molecule is Cc1nn(C[C@@H](O)c2ccc(CC(C)C)cc2)c(=O)c(C#N)c1C. The highest BCUT2D eigenvalue weighted by Crippen LogP contribution is 2.17. The van der Waals surface area contributed by atoms with Gasteiger partial charge in [-0.05, 0) is 42.9 Å². The lowest BCUT2D eigenvalue weighted by Gasteiger charge is -2.15. The monoisotopic (exact) mass is 325 g/mol. The van der Waals surface area contributed by atoms with Gasteiger partial charge >= 0.3 is 0 Å². The van der Waals surface area contributed by atoms with Crippen LogP contribution in [-0.4, -0.2) is 14.9 Å². The summed E-state index contributed by atoms with van der Waals surface area (Å²) in [4.78, 5) is 12.3. The molecule has 2 rings (SSSR count). The standard InChI is InChI=1S/C19H23N3O2/c1-12(2)9-15-5-7-16(8-6-15)18(23)11-22-19(24)17(10-20)13(3)14(4)21-22/h5-8,12,18,23H,9,11H2,1-4H3/t18-/m1/s1. The van der Waals surface area contributed by atoms with Crippen molar-refractivity contribution in [3.8, 4) is 6.07 Å². The molecule has 24 heavy (non-hydrogen) atoms. The van der Waals surface area contributed by atoms with Crippen molar-refractivity contribution in [2.45, 2.75) is 46.8 Å². The molecule has 1 aromatic heterocycles. The first-order valence-electron chi connectivity index (χ1n) is 8.08. The lowest BCUT2D eigenvalue weighted by atomic mass is 10.0. The van der Waals surface area contributed by atoms with Crippen LogP contribution in [0.4, 0.5) is 0 Å². The summed E-state index contributed by atoms with van der Waals surface area (Å²) in [7, 11) is 0. The molecule has 5 heteroatoms. The van der Waals surface area contributed by atoms with E-state index in [4.69, 9.17) is 5.26 Å². The second-order valence-corrected chi connectivity index (χ2v) is 6.54. The predicted octanol–water partition coefficient (Wildman–Crippen LogP) is 2.66. The Morgan fingerprint density at radius 2 is 1.88 bits per heavy atom. The zero-order valence-electron chi connectivity index (χ0n) is 14.6. The molecule has 5 nitrogen and oxygen atoms in total. The van der Waals surface area contributed by atoms with Gasteiger partial charge in [0, 0.05) is 0 Å². The van der Waals surface area contributed by atoms with Gasteiger partial charge in [-0.2, -0.15) is 10.4 Å². The Kier molecular flexibility index (Phi) is 5.53. The second kappa shape index (κ2) is 7.41. The number of nitriles is 1. The molecule has 0 aliphatic carbocycles. The number of nitrogens with zero attached hydrogens (tertiary/aromatic N) is 3. The van der Waals surface area contributed by atoms with Crippen LogP contribution in [0.3, 0.4) is 0 Å². The van der Waals surface area contributed by atoms with Gasteiger partial charge in [-0.3, -0.25) is 4.79 Å². The van der Waals surface area contributed by atoms with Crippen LogP contribution in [0.2, 0.25) is 0 Å². The normalized spacial score (nSPS) is 12.2. The fraction of sp³-hybridized carbons (Fsp3) is 0.421. The van der Waals surface area contributed by atoms with Crippen LogP contribution in [-0.2, 0) is 13.0 Å². The Bertz CT molecular complexity index is 814. The largest absolute Gasteiger partial charge is 0.386 e. The van der Waals surface area contributed by atoms with Crippen LogP contribution < -0.4 is 5.56 Å². The van der Waals surface area contributed by atoms with E-state index in [9.17, 15) is 9.90 Å². The summed E-state index contributed by atoms with van der Waals surface area (Å²) in [6.07, 6.45) is 0.136. The van der Waals surface area contributed by atoms with Crippen molar-refractivity contribution in [2.24, 2.45) is 5.92 Å². The third-order valence-corrected chi connectivity index (χ3v) is 4.10. The van der Waals surface area contributed by atoms with Crippen molar-refractivity contribution in [2.75, 3.05) is 0 Å². The second-order valence-electron chi connectivity index (χ2n) is 6.54. The Labute approximate surface area is 142 Å². The molecule has 0 amide bonds. The summed E-state index contributed by atoms with van der Waals surface area (Å²) in [5.41, 5.74) is 2.78. The molecule has 0 fully saturated rings. The molecule has 0 unspecified atom stereocenters. The van der Waals surface area contributed by atoms with Crippen LogP contribution in [0.15, 0.2) is 29.1 Å². The van der Waals surface area contributed by atoms with Crippen molar-refractivity contribution in [3.05, 3.63) is 62.6 Å². The number of hydrogen-bond acceptors (Lipinski definition) is 4. The maximum Gasteiger partial charge on any atom is 0.285 e. The molecule has 1 aromatic carbocycles. The lowest BCUT2D eigenvalue weighted by Crippen LogP contribution is -2.29. The third kappa shape index (κ3) is 3.90. The van der Waals surface area contributed by atoms with Gasteiger partial charge in [-0.1, -0.05) is 38.1 Å². The Morgan fingerprint density at radius 3 is 2.42 bits per heavy atom. The Hall–Kier alpha value is -2.45. The number of benzene rings is 1. The van der Waals surface area contributed by atoms with E-state index in [1.54, 1.807) is 13.8 Å². The summed E-state index contributed by atoms with van der Waals surface area (Å²) in [6, 6.07) is 9.67. The van der Waals surface area contributed by atoms with E-state index in [1.807, 2.05) is 30.3 Å². The van der Waals surface area contributed by atoms with Gasteiger partial charge in [-0.25, -0.2) is 4.68 Å². The number of aromatic nitrogens is 2. The first kappa shape index (κ1) is 17.9. The van der Waals surface area contributed by atoms with Crippen LogP contribution in [0.1, 0.15) is 47.9 Å². The van der Waals surface area contributed by atoms with Gasteiger partial charge in [0.25, 0.3) is 5.56 Å². The van der Waals surface area contributed by atoms with E-state index in [0.29, 0.717) is 17.2 Å². The zero-order valence-corrected chi connectivity index (χ0v) is 14.6. The topological polar surface area (TPSA) is 78.9 Å². The molecule has 126 valence electrons. The average molecular weight is 325 g/mol. The average Bonchev–Trinajstić information content (AvgIpc) is 2.53. The minimum absolute atomic E-state index is 0.0260.